The van der Waals surface area contributed by atoms with Crippen LogP contribution < -0.4 is 0 Å². The SMILES string of the molecule is CCOC(=O)N1CCN(C(=O)c2ccc(CN(Cc3ccc(F)cc3)C(C)C)o2)CC1. The molecular weight excluding hydrogens is 401 g/mol. The van der Waals surface area contributed by atoms with E-state index in [4.69, 9.17) is 9.15 Å². The number of furan rings is 1. The summed E-state index contributed by atoms with van der Waals surface area (Å²) in [5.41, 5.74) is 1.01. The number of benzene rings is 1. The van der Waals surface area contributed by atoms with Gasteiger partial charge in [-0.25, -0.2) is 9.18 Å². The molecule has 1 aromatic heterocycles. The Hall–Kier alpha value is -2.87. The topological polar surface area (TPSA) is 66.2 Å². The Balaban J connectivity index is 1.58. The number of hydrogen-bond acceptors (Lipinski definition) is 5. The molecular formula is C23H30FN3O4. The Labute approximate surface area is 182 Å². The molecule has 168 valence electrons. The van der Waals surface area contributed by atoms with Crippen molar-refractivity contribution in [3.63, 3.8) is 0 Å². The molecule has 1 aliphatic heterocycles. The summed E-state index contributed by atoms with van der Waals surface area (Å²) in [6.45, 7) is 9.23. The molecule has 0 N–H and O–H groups in total. The van der Waals surface area contributed by atoms with Gasteiger partial charge in [-0.05, 0) is 50.6 Å². The van der Waals surface area contributed by atoms with Crippen molar-refractivity contribution in [2.24, 2.45) is 0 Å². The van der Waals surface area contributed by atoms with E-state index in [9.17, 15) is 14.0 Å². The van der Waals surface area contributed by atoms with Gasteiger partial charge in [0.1, 0.15) is 11.6 Å². The third kappa shape index (κ3) is 6.07. The number of carbonyl (C=O) groups is 2. The number of hydrogen-bond donors (Lipinski definition) is 0. The molecule has 1 saturated heterocycles. The molecule has 2 heterocycles. The highest BCUT2D eigenvalue weighted by Crippen LogP contribution is 2.18. The quantitative estimate of drug-likeness (QED) is 0.668. The second-order valence-corrected chi connectivity index (χ2v) is 7.87. The molecule has 0 spiro atoms. The predicted octanol–water partition coefficient (Wildman–Crippen LogP) is 3.74. The van der Waals surface area contributed by atoms with E-state index in [0.29, 0.717) is 57.4 Å². The minimum absolute atomic E-state index is 0.176. The van der Waals surface area contributed by atoms with Crippen molar-refractivity contribution in [3.8, 4) is 0 Å². The normalized spacial score (nSPS) is 14.4. The molecule has 8 heteroatoms. The van der Waals surface area contributed by atoms with Crippen molar-refractivity contribution in [2.75, 3.05) is 32.8 Å². The van der Waals surface area contributed by atoms with E-state index in [1.54, 1.807) is 34.9 Å². The standard InChI is InChI=1S/C23H30FN3O4/c1-4-30-23(29)26-13-11-25(12-14-26)22(28)21-10-9-20(31-21)16-27(17(2)3)15-18-5-7-19(24)8-6-18/h5-10,17H,4,11-16H2,1-3H3. The lowest BCUT2D eigenvalue weighted by molar-refractivity contribution is 0.0543. The van der Waals surface area contributed by atoms with Crippen molar-refractivity contribution < 1.29 is 23.1 Å². The first kappa shape index (κ1) is 22.8. The van der Waals surface area contributed by atoms with Gasteiger partial charge in [0.2, 0.25) is 0 Å². The van der Waals surface area contributed by atoms with Gasteiger partial charge < -0.3 is 19.0 Å². The molecule has 2 amide bonds. The predicted molar refractivity (Wildman–Crippen MR) is 114 cm³/mol. The first-order valence-corrected chi connectivity index (χ1v) is 10.7. The molecule has 3 rings (SSSR count). The number of piperazine rings is 1. The van der Waals surface area contributed by atoms with Crippen LogP contribution in [0.15, 0.2) is 40.8 Å². The largest absolute Gasteiger partial charge is 0.455 e. The lowest BCUT2D eigenvalue weighted by atomic mass is 10.2. The number of halogens is 1. The van der Waals surface area contributed by atoms with Gasteiger partial charge in [0, 0.05) is 38.8 Å². The number of ether oxygens (including phenoxy) is 1. The average molecular weight is 432 g/mol. The van der Waals surface area contributed by atoms with Crippen LogP contribution in [0.2, 0.25) is 0 Å². The van der Waals surface area contributed by atoms with Gasteiger partial charge in [-0.1, -0.05) is 12.1 Å². The van der Waals surface area contributed by atoms with E-state index in [2.05, 4.69) is 18.7 Å². The Morgan fingerprint density at radius 2 is 1.68 bits per heavy atom. The van der Waals surface area contributed by atoms with Crippen LogP contribution in [0, 0.1) is 5.82 Å². The highest BCUT2D eigenvalue weighted by atomic mass is 19.1. The van der Waals surface area contributed by atoms with Gasteiger partial charge in [0.25, 0.3) is 5.91 Å². The minimum atomic E-state index is -0.343. The highest BCUT2D eigenvalue weighted by Gasteiger charge is 2.27. The van der Waals surface area contributed by atoms with Crippen LogP contribution in [-0.2, 0) is 17.8 Å². The average Bonchev–Trinajstić information content (AvgIpc) is 3.23. The Morgan fingerprint density at radius 1 is 1.03 bits per heavy atom. The van der Waals surface area contributed by atoms with Crippen LogP contribution >= 0.6 is 0 Å². The van der Waals surface area contributed by atoms with Crippen LogP contribution in [0.5, 0.6) is 0 Å². The van der Waals surface area contributed by atoms with E-state index >= 15 is 0 Å². The zero-order valence-electron chi connectivity index (χ0n) is 18.3. The molecule has 0 unspecified atom stereocenters. The third-order valence-electron chi connectivity index (χ3n) is 5.35. The highest BCUT2D eigenvalue weighted by molar-refractivity contribution is 5.91. The van der Waals surface area contributed by atoms with Crippen LogP contribution in [-0.4, -0.2) is 65.5 Å². The van der Waals surface area contributed by atoms with Crippen molar-refractivity contribution in [2.45, 2.75) is 39.9 Å². The zero-order valence-corrected chi connectivity index (χ0v) is 18.3. The van der Waals surface area contributed by atoms with Crippen molar-refractivity contribution in [1.29, 1.82) is 0 Å². The van der Waals surface area contributed by atoms with E-state index < -0.39 is 0 Å². The Morgan fingerprint density at radius 3 is 2.29 bits per heavy atom. The molecule has 1 aliphatic rings. The minimum Gasteiger partial charge on any atom is -0.455 e. The molecule has 7 nitrogen and oxygen atoms in total. The van der Waals surface area contributed by atoms with Gasteiger partial charge in [0.05, 0.1) is 13.2 Å². The fraction of sp³-hybridized carbons (Fsp3) is 0.478. The van der Waals surface area contributed by atoms with Crippen molar-refractivity contribution in [1.82, 2.24) is 14.7 Å². The maximum atomic E-state index is 13.2. The molecule has 0 aliphatic carbocycles. The fourth-order valence-corrected chi connectivity index (χ4v) is 3.49. The summed E-state index contributed by atoms with van der Waals surface area (Å²) in [5.74, 6) is 0.566. The first-order chi connectivity index (χ1) is 14.9. The second kappa shape index (κ2) is 10.4. The van der Waals surface area contributed by atoms with Gasteiger partial charge in [-0.2, -0.15) is 0 Å². The van der Waals surface area contributed by atoms with Crippen LogP contribution in [0.1, 0.15) is 42.6 Å². The molecule has 0 bridgehead atoms. The summed E-state index contributed by atoms with van der Waals surface area (Å²) in [6.07, 6.45) is -0.343. The van der Waals surface area contributed by atoms with E-state index in [0.717, 1.165) is 5.56 Å². The van der Waals surface area contributed by atoms with Crippen molar-refractivity contribution in [3.05, 3.63) is 59.3 Å². The molecule has 31 heavy (non-hydrogen) atoms. The molecule has 0 radical (unpaired) electrons. The number of carbonyl (C=O) groups excluding carboxylic acids is 2. The third-order valence-corrected chi connectivity index (χ3v) is 5.35. The second-order valence-electron chi connectivity index (χ2n) is 7.87. The summed E-state index contributed by atoms with van der Waals surface area (Å²) in [7, 11) is 0. The lowest BCUT2D eigenvalue weighted by Gasteiger charge is -2.33. The summed E-state index contributed by atoms with van der Waals surface area (Å²) >= 11 is 0. The molecule has 2 aromatic rings. The first-order valence-electron chi connectivity index (χ1n) is 10.7. The summed E-state index contributed by atoms with van der Waals surface area (Å²) in [5, 5.41) is 0. The number of nitrogens with zero attached hydrogens (tertiary/aromatic N) is 3. The van der Waals surface area contributed by atoms with E-state index in [-0.39, 0.29) is 23.9 Å². The number of rotatable bonds is 7. The lowest BCUT2D eigenvalue weighted by Crippen LogP contribution is -2.50. The molecule has 0 atom stereocenters. The van der Waals surface area contributed by atoms with Crippen molar-refractivity contribution >= 4 is 12.0 Å². The van der Waals surface area contributed by atoms with Crippen LogP contribution in [0.25, 0.3) is 0 Å². The van der Waals surface area contributed by atoms with Crippen LogP contribution in [0.3, 0.4) is 0 Å². The molecule has 0 saturated carbocycles. The summed E-state index contributed by atoms with van der Waals surface area (Å²) in [4.78, 5) is 30.1. The van der Waals surface area contributed by atoms with Gasteiger partial charge in [0.15, 0.2) is 5.76 Å². The maximum Gasteiger partial charge on any atom is 0.409 e. The smallest absolute Gasteiger partial charge is 0.409 e. The zero-order chi connectivity index (χ0) is 22.4. The summed E-state index contributed by atoms with van der Waals surface area (Å²) in [6, 6.07) is 10.2. The van der Waals surface area contributed by atoms with Gasteiger partial charge in [-0.3, -0.25) is 9.69 Å². The summed E-state index contributed by atoms with van der Waals surface area (Å²) < 4.78 is 24.0. The molecule has 1 fully saturated rings. The Kier molecular flexibility index (Phi) is 7.68. The Bertz CT molecular complexity index is 873. The maximum absolute atomic E-state index is 13.2. The molecule has 1 aromatic carbocycles. The van der Waals surface area contributed by atoms with Crippen LogP contribution in [0.4, 0.5) is 9.18 Å². The van der Waals surface area contributed by atoms with Gasteiger partial charge >= 0.3 is 6.09 Å². The monoisotopic (exact) mass is 431 g/mol. The van der Waals surface area contributed by atoms with Gasteiger partial charge in [-0.15, -0.1) is 0 Å². The van der Waals surface area contributed by atoms with E-state index in [1.807, 2.05) is 6.07 Å². The fourth-order valence-electron chi connectivity index (χ4n) is 3.49. The van der Waals surface area contributed by atoms with E-state index in [1.165, 1.54) is 12.1 Å². The number of amides is 2.